The van der Waals surface area contributed by atoms with E-state index in [-0.39, 0.29) is 5.88 Å². The second kappa shape index (κ2) is 7.52. The van der Waals surface area contributed by atoms with Crippen molar-refractivity contribution in [1.82, 2.24) is 10.7 Å². The first-order valence-corrected chi connectivity index (χ1v) is 5.61. The predicted molar refractivity (Wildman–Crippen MR) is 74.2 cm³/mol. The first kappa shape index (κ1) is 15.2. The van der Waals surface area contributed by atoms with Gasteiger partial charge in [-0.2, -0.15) is 5.10 Å². The number of hydrogen-bond acceptors (Lipinski definition) is 5. The zero-order valence-electron chi connectivity index (χ0n) is 10.8. The maximum atomic E-state index is 11.2. The molecule has 0 fully saturated rings. The van der Waals surface area contributed by atoms with Crippen LogP contribution in [-0.4, -0.2) is 23.7 Å². The fraction of sp³-hybridized carbons (Fsp3) is 0.167. The van der Waals surface area contributed by atoms with Crippen molar-refractivity contribution in [1.29, 1.82) is 0 Å². The Morgan fingerprint density at radius 2 is 2.35 bits per heavy atom. The molecule has 0 atom stereocenters. The van der Waals surface area contributed by atoms with Crippen molar-refractivity contribution in [3.8, 4) is 0 Å². The number of hydrogen-bond donors (Lipinski definition) is 2. The Morgan fingerprint density at radius 1 is 1.60 bits per heavy atom. The Balaban J connectivity index is 2.36. The highest BCUT2D eigenvalue weighted by molar-refractivity contribution is 5.80. The fourth-order valence-electron chi connectivity index (χ4n) is 1.08. The molecule has 0 bridgehead atoms. The molecule has 0 aliphatic heterocycles. The van der Waals surface area contributed by atoms with Crippen LogP contribution < -0.4 is 10.7 Å². The van der Waals surface area contributed by atoms with Crippen molar-refractivity contribution in [3.05, 3.63) is 46.2 Å². The van der Waals surface area contributed by atoms with Crippen LogP contribution >= 0.6 is 0 Å². The van der Waals surface area contributed by atoms with Crippen molar-refractivity contribution in [3.63, 3.8) is 0 Å². The van der Waals surface area contributed by atoms with E-state index in [2.05, 4.69) is 22.4 Å². The molecule has 8 nitrogen and oxygen atoms in total. The number of amides is 2. The van der Waals surface area contributed by atoms with Gasteiger partial charge in [0.25, 0.3) is 0 Å². The largest absolute Gasteiger partial charge is 0.433 e. The van der Waals surface area contributed by atoms with E-state index in [9.17, 15) is 14.9 Å². The normalized spacial score (nSPS) is 10.8. The Labute approximate surface area is 115 Å². The molecule has 106 valence electrons. The quantitative estimate of drug-likeness (QED) is 0.359. The number of carbonyl (C=O) groups is 1. The molecule has 1 rings (SSSR count). The number of nitrogens with zero attached hydrogens (tertiary/aromatic N) is 2. The molecule has 0 saturated carbocycles. The molecule has 1 aromatic rings. The van der Waals surface area contributed by atoms with Crippen LogP contribution in [-0.2, 0) is 0 Å². The van der Waals surface area contributed by atoms with E-state index in [1.165, 1.54) is 30.5 Å². The van der Waals surface area contributed by atoms with Crippen molar-refractivity contribution >= 4 is 24.2 Å². The minimum Gasteiger partial charge on any atom is -0.401 e. The van der Waals surface area contributed by atoms with Gasteiger partial charge in [-0.1, -0.05) is 12.2 Å². The zero-order valence-corrected chi connectivity index (χ0v) is 10.8. The van der Waals surface area contributed by atoms with Crippen molar-refractivity contribution in [2.45, 2.75) is 6.92 Å². The average Bonchev–Trinajstić information content (AvgIpc) is 2.85. The summed E-state index contributed by atoms with van der Waals surface area (Å²) in [7, 11) is 0. The van der Waals surface area contributed by atoms with Crippen LogP contribution in [0.2, 0.25) is 0 Å². The van der Waals surface area contributed by atoms with E-state index < -0.39 is 11.0 Å². The molecule has 0 unspecified atom stereocenters. The van der Waals surface area contributed by atoms with Gasteiger partial charge < -0.3 is 9.73 Å². The summed E-state index contributed by atoms with van der Waals surface area (Å²) in [4.78, 5) is 20.9. The molecule has 20 heavy (non-hydrogen) atoms. The highest BCUT2D eigenvalue weighted by Gasteiger charge is 2.09. The molecule has 0 aromatic carbocycles. The van der Waals surface area contributed by atoms with Gasteiger partial charge in [0.1, 0.15) is 10.7 Å². The summed E-state index contributed by atoms with van der Waals surface area (Å²) >= 11 is 0. The first-order chi connectivity index (χ1) is 9.49. The molecule has 1 heterocycles. The van der Waals surface area contributed by atoms with Gasteiger partial charge in [-0.3, -0.25) is 10.1 Å². The smallest absolute Gasteiger partial charge is 0.401 e. The second-order valence-electron chi connectivity index (χ2n) is 3.82. The average molecular weight is 278 g/mol. The molecule has 8 heteroatoms. The van der Waals surface area contributed by atoms with Gasteiger partial charge in [0.2, 0.25) is 0 Å². The van der Waals surface area contributed by atoms with Crippen LogP contribution in [0.1, 0.15) is 12.7 Å². The molecule has 0 spiro atoms. The van der Waals surface area contributed by atoms with Gasteiger partial charge in [0, 0.05) is 12.8 Å². The number of urea groups is 1. The lowest BCUT2D eigenvalue weighted by Crippen LogP contribution is -2.33. The Bertz CT molecular complexity index is 560. The van der Waals surface area contributed by atoms with Crippen LogP contribution in [0.5, 0.6) is 0 Å². The van der Waals surface area contributed by atoms with E-state index in [1.807, 2.05) is 0 Å². The van der Waals surface area contributed by atoms with Gasteiger partial charge in [-0.05, 0) is 25.1 Å². The predicted octanol–water partition coefficient (Wildman–Crippen LogP) is 2.06. The Morgan fingerprint density at radius 3 is 2.95 bits per heavy atom. The van der Waals surface area contributed by atoms with Crippen LogP contribution in [0, 0.1) is 10.1 Å². The summed E-state index contributed by atoms with van der Waals surface area (Å²) in [6, 6.07) is 2.25. The van der Waals surface area contributed by atoms with Crippen LogP contribution in [0.25, 0.3) is 6.08 Å². The molecule has 2 amide bonds. The first-order valence-electron chi connectivity index (χ1n) is 5.61. The molecule has 0 radical (unpaired) electrons. The second-order valence-corrected chi connectivity index (χ2v) is 3.82. The van der Waals surface area contributed by atoms with Gasteiger partial charge in [-0.15, -0.1) is 0 Å². The van der Waals surface area contributed by atoms with Crippen molar-refractivity contribution in [2.75, 3.05) is 6.54 Å². The third-order valence-corrected chi connectivity index (χ3v) is 1.93. The maximum Gasteiger partial charge on any atom is 0.433 e. The molecule has 0 saturated heterocycles. The monoisotopic (exact) mass is 278 g/mol. The van der Waals surface area contributed by atoms with E-state index in [4.69, 9.17) is 4.42 Å². The van der Waals surface area contributed by atoms with Gasteiger partial charge in [0.05, 0.1) is 6.07 Å². The standard InChI is InChI=1S/C12H14N4O4/c1-9(2)8-13-12(17)15-14-7-3-4-10-5-6-11(20-10)16(18)19/h3-7H,1,8H2,2H3,(H2,13,15,17)/b4-3+,14-7+. The summed E-state index contributed by atoms with van der Waals surface area (Å²) in [5.74, 6) is -0.0197. The maximum absolute atomic E-state index is 11.2. The topological polar surface area (TPSA) is 110 Å². The molecular weight excluding hydrogens is 264 g/mol. The number of nitro groups is 1. The summed E-state index contributed by atoms with van der Waals surface area (Å²) in [5.41, 5.74) is 3.06. The van der Waals surface area contributed by atoms with Crippen LogP contribution in [0.3, 0.4) is 0 Å². The zero-order chi connectivity index (χ0) is 15.0. The molecule has 0 aliphatic carbocycles. The third kappa shape index (κ3) is 5.63. The number of nitrogens with one attached hydrogen (secondary N) is 2. The number of carbonyl (C=O) groups excluding carboxylic acids is 1. The fourth-order valence-corrected chi connectivity index (χ4v) is 1.08. The van der Waals surface area contributed by atoms with Gasteiger partial charge >= 0.3 is 11.9 Å². The number of rotatable bonds is 6. The molecular formula is C12H14N4O4. The van der Waals surface area contributed by atoms with E-state index in [0.717, 1.165) is 5.57 Å². The Kier molecular flexibility index (Phi) is 5.70. The lowest BCUT2D eigenvalue weighted by atomic mass is 10.3. The number of furan rings is 1. The number of allylic oxidation sites excluding steroid dienone is 1. The molecule has 1 aromatic heterocycles. The summed E-state index contributed by atoms with van der Waals surface area (Å²) < 4.78 is 4.88. The lowest BCUT2D eigenvalue weighted by Gasteiger charge is -2.01. The van der Waals surface area contributed by atoms with Crippen molar-refractivity contribution in [2.24, 2.45) is 5.10 Å². The van der Waals surface area contributed by atoms with E-state index in [1.54, 1.807) is 6.92 Å². The van der Waals surface area contributed by atoms with E-state index >= 15 is 0 Å². The highest BCUT2D eigenvalue weighted by Crippen LogP contribution is 2.16. The Hall–Kier alpha value is -2.90. The van der Waals surface area contributed by atoms with Crippen LogP contribution in [0.4, 0.5) is 10.7 Å². The van der Waals surface area contributed by atoms with Gasteiger partial charge in [0.15, 0.2) is 0 Å². The lowest BCUT2D eigenvalue weighted by molar-refractivity contribution is -0.402. The van der Waals surface area contributed by atoms with E-state index in [0.29, 0.717) is 12.3 Å². The molecule has 2 N–H and O–H groups in total. The van der Waals surface area contributed by atoms with Crippen LogP contribution in [0.15, 0.2) is 39.9 Å². The minimum atomic E-state index is -0.626. The summed E-state index contributed by atoms with van der Waals surface area (Å²) in [6.07, 6.45) is 4.26. The molecule has 0 aliphatic rings. The SMILES string of the molecule is C=C(C)CNC(=O)N/N=C/C=C/c1ccc([N+](=O)[O-])o1. The van der Waals surface area contributed by atoms with Gasteiger partial charge in [-0.25, -0.2) is 10.2 Å². The number of hydrazone groups is 1. The third-order valence-electron chi connectivity index (χ3n) is 1.93. The van der Waals surface area contributed by atoms with Crippen molar-refractivity contribution < 1.29 is 14.1 Å². The summed E-state index contributed by atoms with van der Waals surface area (Å²) in [5, 5.41) is 16.5. The summed E-state index contributed by atoms with van der Waals surface area (Å²) in [6.45, 7) is 5.79. The highest BCUT2D eigenvalue weighted by atomic mass is 16.6. The minimum absolute atomic E-state index is 0.315.